The van der Waals surface area contributed by atoms with Crippen LogP contribution >= 0.6 is 11.3 Å². The van der Waals surface area contributed by atoms with Gasteiger partial charge in [0.15, 0.2) is 0 Å². The number of aliphatic hydroxyl groups excluding tert-OH is 1. The molecule has 0 bridgehead atoms. The van der Waals surface area contributed by atoms with Crippen LogP contribution < -0.4 is 4.72 Å². The van der Waals surface area contributed by atoms with Crippen LogP contribution in [0.25, 0.3) is 10.5 Å². The quantitative estimate of drug-likeness (QED) is 0.570. The second-order valence-corrected chi connectivity index (χ2v) is 11.6. The van der Waals surface area contributed by atoms with E-state index in [-0.39, 0.29) is 0 Å². The van der Waals surface area contributed by atoms with E-state index in [9.17, 15) is 31.8 Å². The van der Waals surface area contributed by atoms with Crippen LogP contribution in [0, 0.1) is 6.92 Å². The first-order valence-electron chi connectivity index (χ1n) is 9.88. The predicted octanol–water partition coefficient (Wildman–Crippen LogP) is 2.42. The summed E-state index contributed by atoms with van der Waals surface area (Å²) in [5.74, 6) is 0. The van der Waals surface area contributed by atoms with Gasteiger partial charge in [0.05, 0.1) is 29.1 Å². The zero-order chi connectivity index (χ0) is 23.7. The Bertz CT molecular complexity index is 1230. The minimum Gasteiger partial charge on any atom is -0.394 e. The topological polar surface area (TPSA) is 117 Å². The monoisotopic (exact) mass is 492 g/mol. The molecule has 13 heteroatoms. The zero-order valence-corrected chi connectivity index (χ0v) is 19.2. The number of halogens is 3. The summed E-state index contributed by atoms with van der Waals surface area (Å²) >= 11 is 1.14. The number of sulfonamides is 1. The van der Waals surface area contributed by atoms with E-state index in [0.717, 1.165) is 17.4 Å². The Labute approximate surface area is 186 Å². The van der Waals surface area contributed by atoms with Gasteiger partial charge in [-0.1, -0.05) is 23.5 Å². The number of aryl methyl sites for hydroxylation is 1. The van der Waals surface area contributed by atoms with Gasteiger partial charge in [0.1, 0.15) is 15.9 Å². The highest BCUT2D eigenvalue weighted by molar-refractivity contribution is 7.90. The van der Waals surface area contributed by atoms with Crippen molar-refractivity contribution in [3.63, 3.8) is 0 Å². The summed E-state index contributed by atoms with van der Waals surface area (Å²) < 4.78 is 70.8. The Balaban J connectivity index is 1.78. The molecule has 3 N–H and O–H groups in total. The SMILES string of the molecule is Cc1nc2sc(C(C)(C)O)nn2c1C1=CC=C(C(F)(F)F)C(S(=O)(=O)NC2(CO)CC2)C1. The van der Waals surface area contributed by atoms with Crippen molar-refractivity contribution < 1.29 is 31.8 Å². The average Bonchev–Trinajstić information content (AvgIpc) is 3.18. The molecule has 2 aromatic heterocycles. The van der Waals surface area contributed by atoms with Gasteiger partial charge in [-0.2, -0.15) is 18.3 Å². The largest absolute Gasteiger partial charge is 0.414 e. The molecular weight excluding hydrogens is 469 g/mol. The van der Waals surface area contributed by atoms with Crippen LogP contribution in [0.3, 0.4) is 0 Å². The highest BCUT2D eigenvalue weighted by Gasteiger charge is 2.51. The lowest BCUT2D eigenvalue weighted by atomic mass is 9.94. The molecule has 2 aliphatic carbocycles. The van der Waals surface area contributed by atoms with Crippen molar-refractivity contribution in [2.24, 2.45) is 0 Å². The maximum absolute atomic E-state index is 13.7. The average molecular weight is 493 g/mol. The Morgan fingerprint density at radius 3 is 2.50 bits per heavy atom. The van der Waals surface area contributed by atoms with Gasteiger partial charge >= 0.3 is 6.18 Å². The van der Waals surface area contributed by atoms with E-state index in [1.54, 1.807) is 20.8 Å². The minimum atomic E-state index is -4.84. The van der Waals surface area contributed by atoms with Gasteiger partial charge in [0, 0.05) is 0 Å². The summed E-state index contributed by atoms with van der Waals surface area (Å²) in [6, 6.07) is 0. The summed E-state index contributed by atoms with van der Waals surface area (Å²) in [6.45, 7) is 4.29. The van der Waals surface area contributed by atoms with Crippen molar-refractivity contribution in [3.8, 4) is 0 Å². The molecule has 2 heterocycles. The first-order chi connectivity index (χ1) is 14.7. The number of nitrogens with zero attached hydrogens (tertiary/aromatic N) is 3. The van der Waals surface area contributed by atoms with Crippen LogP contribution in [0.2, 0.25) is 0 Å². The Kier molecular flexibility index (Phi) is 5.37. The number of aromatic nitrogens is 3. The molecule has 1 atom stereocenters. The third kappa shape index (κ3) is 4.12. The second kappa shape index (κ2) is 7.35. The number of alkyl halides is 3. The van der Waals surface area contributed by atoms with Gasteiger partial charge in [0.2, 0.25) is 15.0 Å². The van der Waals surface area contributed by atoms with Crippen molar-refractivity contribution >= 4 is 31.9 Å². The fourth-order valence-electron chi connectivity index (χ4n) is 3.69. The molecule has 1 saturated carbocycles. The van der Waals surface area contributed by atoms with Crippen LogP contribution in [0.15, 0.2) is 17.7 Å². The molecule has 0 amide bonds. The summed E-state index contributed by atoms with van der Waals surface area (Å²) in [6.07, 6.45) is -2.52. The Hall–Kier alpha value is -1.80. The van der Waals surface area contributed by atoms with Crippen LogP contribution in [0.5, 0.6) is 0 Å². The molecule has 8 nitrogen and oxygen atoms in total. The van der Waals surface area contributed by atoms with E-state index in [4.69, 9.17) is 0 Å². The highest BCUT2D eigenvalue weighted by Crippen LogP contribution is 2.42. The number of rotatable bonds is 6. The minimum absolute atomic E-state index is 0.333. The number of hydrogen-bond donors (Lipinski definition) is 3. The van der Waals surface area contributed by atoms with Gasteiger partial charge in [-0.05, 0) is 45.6 Å². The lowest BCUT2D eigenvalue weighted by Gasteiger charge is -2.28. The third-order valence-electron chi connectivity index (χ3n) is 5.64. The normalized spacial score (nSPS) is 21.6. The molecular formula is C19H23F3N4O4S2. The smallest absolute Gasteiger partial charge is 0.394 e. The zero-order valence-electron chi connectivity index (χ0n) is 17.6. The van der Waals surface area contributed by atoms with Gasteiger partial charge in [-0.15, -0.1) is 0 Å². The third-order valence-corrected chi connectivity index (χ3v) is 8.75. The van der Waals surface area contributed by atoms with Crippen molar-refractivity contribution in [2.45, 2.75) is 62.6 Å². The van der Waals surface area contributed by atoms with Crippen molar-refractivity contribution in [2.75, 3.05) is 6.61 Å². The molecule has 0 aromatic carbocycles. The fourth-order valence-corrected chi connectivity index (χ4v) is 6.59. The molecule has 176 valence electrons. The van der Waals surface area contributed by atoms with E-state index in [1.165, 1.54) is 10.6 Å². The van der Waals surface area contributed by atoms with Gasteiger partial charge in [-0.25, -0.2) is 22.6 Å². The van der Waals surface area contributed by atoms with Gasteiger partial charge in [0.25, 0.3) is 0 Å². The van der Waals surface area contributed by atoms with Crippen molar-refractivity contribution in [1.29, 1.82) is 0 Å². The summed E-state index contributed by atoms with van der Waals surface area (Å²) in [5.41, 5.74) is -2.28. The van der Waals surface area contributed by atoms with Gasteiger partial charge < -0.3 is 10.2 Å². The van der Waals surface area contributed by atoms with E-state index >= 15 is 0 Å². The van der Waals surface area contributed by atoms with Crippen LogP contribution in [-0.2, 0) is 15.6 Å². The standard InChI is InChI=1S/C19H23F3N4O4S2/c1-10-14(26-16(23-10)31-15(24-26)17(2,3)28)11-4-5-12(19(20,21)22)13(8-11)32(29,30)25-18(9-27)6-7-18/h4-5,13,25,27-28H,6-9H2,1-3H3. The van der Waals surface area contributed by atoms with Crippen LogP contribution in [0.1, 0.15) is 49.5 Å². The van der Waals surface area contributed by atoms with Crippen molar-refractivity contribution in [3.05, 3.63) is 34.1 Å². The number of hydrogen-bond acceptors (Lipinski definition) is 7. The molecule has 1 unspecified atom stereocenters. The predicted molar refractivity (Wildman–Crippen MR) is 112 cm³/mol. The number of imidazole rings is 1. The number of aliphatic hydroxyl groups is 2. The summed E-state index contributed by atoms with van der Waals surface area (Å²) in [4.78, 5) is 4.83. The Morgan fingerprint density at radius 2 is 1.97 bits per heavy atom. The number of nitrogens with one attached hydrogen (secondary N) is 1. The molecule has 0 aliphatic heterocycles. The lowest BCUT2D eigenvalue weighted by molar-refractivity contribution is -0.0936. The van der Waals surface area contributed by atoms with E-state index < -0.39 is 51.2 Å². The molecule has 2 aliphatic rings. The lowest BCUT2D eigenvalue weighted by Crippen LogP contribution is -2.47. The van der Waals surface area contributed by atoms with Crippen LogP contribution in [-0.4, -0.2) is 56.8 Å². The maximum Gasteiger partial charge on any atom is 0.414 e. The highest BCUT2D eigenvalue weighted by atomic mass is 32.2. The molecule has 0 saturated heterocycles. The van der Waals surface area contributed by atoms with E-state index in [0.29, 0.717) is 39.8 Å². The number of allylic oxidation sites excluding steroid dienone is 3. The van der Waals surface area contributed by atoms with Gasteiger partial charge in [-0.3, -0.25) is 0 Å². The molecule has 0 spiro atoms. The first kappa shape index (κ1) is 23.4. The molecule has 1 fully saturated rings. The Morgan fingerprint density at radius 1 is 1.31 bits per heavy atom. The molecule has 2 aromatic rings. The first-order valence-corrected chi connectivity index (χ1v) is 12.2. The van der Waals surface area contributed by atoms with E-state index in [1.807, 2.05) is 0 Å². The summed E-state index contributed by atoms with van der Waals surface area (Å²) in [5, 5.41) is 22.5. The fraction of sp³-hybridized carbons (Fsp3) is 0.579. The molecule has 32 heavy (non-hydrogen) atoms. The van der Waals surface area contributed by atoms with Crippen LogP contribution in [0.4, 0.5) is 13.2 Å². The van der Waals surface area contributed by atoms with E-state index in [2.05, 4.69) is 14.8 Å². The summed E-state index contributed by atoms with van der Waals surface area (Å²) in [7, 11) is -4.46. The molecule has 4 rings (SSSR count). The maximum atomic E-state index is 13.7. The second-order valence-electron chi connectivity index (χ2n) is 8.80. The van der Waals surface area contributed by atoms with Crippen molar-refractivity contribution in [1.82, 2.24) is 19.3 Å². The number of fused-ring (bicyclic) bond motifs is 1. The molecule has 0 radical (unpaired) electrons.